The first kappa shape index (κ1) is 16.6. The number of hydrogen-bond donors (Lipinski definition) is 2. The number of nitrogens with one attached hydrogen (secondary N) is 1. The number of rotatable bonds is 8. The van der Waals surface area contributed by atoms with E-state index in [0.717, 1.165) is 23.3 Å². The Morgan fingerprint density at radius 1 is 1.00 bits per heavy atom. The number of unbranched alkanes of at least 4 members (excludes halogenated alkanes) is 1. The monoisotopic (exact) mass is 314 g/mol. The van der Waals surface area contributed by atoms with Crippen LogP contribution in [0.2, 0.25) is 0 Å². The Morgan fingerprint density at radius 3 is 2.27 bits per heavy atom. The molecular weight excluding hydrogens is 292 g/mol. The van der Waals surface area contributed by atoms with Crippen molar-refractivity contribution in [2.75, 3.05) is 13.1 Å². The summed E-state index contributed by atoms with van der Waals surface area (Å²) in [6.45, 7) is 1.34. The molecule has 0 radical (unpaired) electrons. The molecule has 2 rings (SSSR count). The minimum absolute atomic E-state index is 0.0528. The lowest BCUT2D eigenvalue weighted by Gasteiger charge is -2.17. The lowest BCUT2D eigenvalue weighted by atomic mass is 10.1. The zero-order valence-electron chi connectivity index (χ0n) is 12.6. The van der Waals surface area contributed by atoms with E-state index < -0.39 is 0 Å². The van der Waals surface area contributed by atoms with Gasteiger partial charge in [-0.05, 0) is 37.1 Å². The lowest BCUT2D eigenvalue weighted by Crippen LogP contribution is -2.29. The highest BCUT2D eigenvalue weighted by Crippen LogP contribution is 2.35. The predicted octanol–water partition coefficient (Wildman–Crippen LogP) is 3.38. The van der Waals surface area contributed by atoms with E-state index in [-0.39, 0.29) is 11.2 Å². The summed E-state index contributed by atoms with van der Waals surface area (Å²) < 4.78 is 0. The standard InChI is InChI=1S/C18H22N2OS/c19-13-7-8-14-20-18(21)17(15-9-3-1-4-10-15)22-16-11-5-2-6-12-16/h1-6,9-12,17H,7-8,13-14,19H2,(H,20,21). The molecule has 3 N–H and O–H groups in total. The summed E-state index contributed by atoms with van der Waals surface area (Å²) in [5.41, 5.74) is 6.50. The number of hydrogen-bond acceptors (Lipinski definition) is 3. The van der Waals surface area contributed by atoms with Gasteiger partial charge in [0, 0.05) is 11.4 Å². The molecule has 4 heteroatoms. The number of carbonyl (C=O) groups is 1. The maximum atomic E-state index is 12.5. The van der Waals surface area contributed by atoms with Crippen LogP contribution in [0.25, 0.3) is 0 Å². The summed E-state index contributed by atoms with van der Waals surface area (Å²) >= 11 is 1.58. The number of amides is 1. The Balaban J connectivity index is 2.06. The predicted molar refractivity (Wildman–Crippen MR) is 92.8 cm³/mol. The van der Waals surface area contributed by atoms with Gasteiger partial charge in [0.2, 0.25) is 5.91 Å². The normalized spacial score (nSPS) is 11.9. The summed E-state index contributed by atoms with van der Waals surface area (Å²) in [6.07, 6.45) is 1.85. The zero-order valence-corrected chi connectivity index (χ0v) is 13.4. The first-order valence-electron chi connectivity index (χ1n) is 7.55. The summed E-state index contributed by atoms with van der Waals surface area (Å²) in [7, 11) is 0. The van der Waals surface area contributed by atoms with Gasteiger partial charge < -0.3 is 11.1 Å². The van der Waals surface area contributed by atoms with E-state index in [0.29, 0.717) is 13.1 Å². The molecule has 0 aliphatic rings. The summed E-state index contributed by atoms with van der Waals surface area (Å²) in [6, 6.07) is 19.9. The smallest absolute Gasteiger partial charge is 0.237 e. The van der Waals surface area contributed by atoms with Crippen LogP contribution >= 0.6 is 11.8 Å². The van der Waals surface area contributed by atoms with E-state index in [1.165, 1.54) is 0 Å². The highest BCUT2D eigenvalue weighted by atomic mass is 32.2. The Hall–Kier alpha value is -1.78. The van der Waals surface area contributed by atoms with Crippen LogP contribution < -0.4 is 11.1 Å². The minimum Gasteiger partial charge on any atom is -0.355 e. The van der Waals surface area contributed by atoms with Crippen molar-refractivity contribution < 1.29 is 4.79 Å². The minimum atomic E-state index is -0.235. The van der Waals surface area contributed by atoms with Crippen molar-refractivity contribution in [1.29, 1.82) is 0 Å². The Labute approximate surface area is 136 Å². The summed E-state index contributed by atoms with van der Waals surface area (Å²) in [5.74, 6) is 0.0528. The van der Waals surface area contributed by atoms with Crippen LogP contribution in [0.4, 0.5) is 0 Å². The van der Waals surface area contributed by atoms with Gasteiger partial charge in [-0.25, -0.2) is 0 Å². The van der Waals surface area contributed by atoms with Crippen LogP contribution in [0.15, 0.2) is 65.6 Å². The molecule has 0 heterocycles. The molecule has 2 aromatic rings. The van der Waals surface area contributed by atoms with Crippen LogP contribution in [0.1, 0.15) is 23.7 Å². The van der Waals surface area contributed by atoms with Gasteiger partial charge in [0.25, 0.3) is 0 Å². The highest BCUT2D eigenvalue weighted by Gasteiger charge is 2.21. The topological polar surface area (TPSA) is 55.1 Å². The van der Waals surface area contributed by atoms with E-state index in [9.17, 15) is 4.79 Å². The van der Waals surface area contributed by atoms with Crippen LogP contribution in [0, 0.1) is 0 Å². The quantitative estimate of drug-likeness (QED) is 0.580. The van der Waals surface area contributed by atoms with Crippen molar-refractivity contribution >= 4 is 17.7 Å². The average Bonchev–Trinajstić information content (AvgIpc) is 2.58. The number of thioether (sulfide) groups is 1. The van der Waals surface area contributed by atoms with Crippen LogP contribution in [-0.2, 0) is 4.79 Å². The van der Waals surface area contributed by atoms with Gasteiger partial charge in [-0.3, -0.25) is 4.79 Å². The molecule has 22 heavy (non-hydrogen) atoms. The molecule has 0 aliphatic carbocycles. The molecule has 2 aromatic carbocycles. The van der Waals surface area contributed by atoms with Crippen molar-refractivity contribution in [3.63, 3.8) is 0 Å². The van der Waals surface area contributed by atoms with Gasteiger partial charge >= 0.3 is 0 Å². The molecule has 1 unspecified atom stereocenters. The van der Waals surface area contributed by atoms with Gasteiger partial charge in [-0.15, -0.1) is 11.8 Å². The van der Waals surface area contributed by atoms with E-state index in [4.69, 9.17) is 5.73 Å². The van der Waals surface area contributed by atoms with Gasteiger partial charge in [0.1, 0.15) is 5.25 Å². The molecule has 0 saturated heterocycles. The molecule has 0 saturated carbocycles. The molecule has 116 valence electrons. The Kier molecular flexibility index (Phi) is 7.00. The Bertz CT molecular complexity index is 560. The fraction of sp³-hybridized carbons (Fsp3) is 0.278. The van der Waals surface area contributed by atoms with Crippen LogP contribution in [0.3, 0.4) is 0 Å². The summed E-state index contributed by atoms with van der Waals surface area (Å²) in [5, 5.41) is 2.79. The fourth-order valence-corrected chi connectivity index (χ4v) is 3.18. The zero-order chi connectivity index (χ0) is 15.6. The maximum Gasteiger partial charge on any atom is 0.237 e. The number of nitrogens with two attached hydrogens (primary N) is 1. The van der Waals surface area contributed by atoms with E-state index >= 15 is 0 Å². The van der Waals surface area contributed by atoms with Gasteiger partial charge in [-0.2, -0.15) is 0 Å². The van der Waals surface area contributed by atoms with Gasteiger partial charge in [0.15, 0.2) is 0 Å². The van der Waals surface area contributed by atoms with Gasteiger partial charge in [0.05, 0.1) is 0 Å². The van der Waals surface area contributed by atoms with E-state index in [1.54, 1.807) is 11.8 Å². The molecule has 0 bridgehead atoms. The molecule has 0 fully saturated rings. The maximum absolute atomic E-state index is 12.5. The summed E-state index contributed by atoms with van der Waals surface area (Å²) in [4.78, 5) is 13.6. The van der Waals surface area contributed by atoms with Crippen molar-refractivity contribution in [3.8, 4) is 0 Å². The molecule has 3 nitrogen and oxygen atoms in total. The molecule has 0 aliphatic heterocycles. The molecular formula is C18H22N2OS. The van der Waals surface area contributed by atoms with Gasteiger partial charge in [-0.1, -0.05) is 48.5 Å². The third-order valence-corrected chi connectivity index (χ3v) is 4.53. The third-order valence-electron chi connectivity index (χ3n) is 3.27. The SMILES string of the molecule is NCCCCNC(=O)C(Sc1ccccc1)c1ccccc1. The molecule has 1 amide bonds. The van der Waals surface area contributed by atoms with Crippen molar-refractivity contribution in [2.45, 2.75) is 23.0 Å². The number of benzene rings is 2. The molecule has 1 atom stereocenters. The Morgan fingerprint density at radius 2 is 1.64 bits per heavy atom. The third kappa shape index (κ3) is 5.20. The fourth-order valence-electron chi connectivity index (χ4n) is 2.11. The largest absolute Gasteiger partial charge is 0.355 e. The average molecular weight is 314 g/mol. The van der Waals surface area contributed by atoms with Crippen LogP contribution in [0.5, 0.6) is 0 Å². The van der Waals surface area contributed by atoms with E-state index in [1.807, 2.05) is 60.7 Å². The first-order chi connectivity index (χ1) is 10.8. The van der Waals surface area contributed by atoms with Crippen molar-refractivity contribution in [1.82, 2.24) is 5.32 Å². The highest BCUT2D eigenvalue weighted by molar-refractivity contribution is 8.00. The second-order valence-corrected chi connectivity index (χ2v) is 6.19. The van der Waals surface area contributed by atoms with Crippen molar-refractivity contribution in [2.24, 2.45) is 5.73 Å². The first-order valence-corrected chi connectivity index (χ1v) is 8.43. The number of carbonyl (C=O) groups excluding carboxylic acids is 1. The van der Waals surface area contributed by atoms with Crippen LogP contribution in [-0.4, -0.2) is 19.0 Å². The molecule has 0 spiro atoms. The lowest BCUT2D eigenvalue weighted by molar-refractivity contribution is -0.120. The second-order valence-electron chi connectivity index (χ2n) is 5.01. The second kappa shape index (κ2) is 9.28. The van der Waals surface area contributed by atoms with Crippen molar-refractivity contribution in [3.05, 3.63) is 66.2 Å². The molecule has 0 aromatic heterocycles. The van der Waals surface area contributed by atoms with E-state index in [2.05, 4.69) is 5.32 Å².